The van der Waals surface area contributed by atoms with Crippen LogP contribution in [0.3, 0.4) is 0 Å². The average Bonchev–Trinajstić information content (AvgIpc) is 2.83. The molecule has 1 aromatic heterocycles. The highest BCUT2D eigenvalue weighted by Gasteiger charge is 2.54. The van der Waals surface area contributed by atoms with E-state index in [1.807, 2.05) is 26.0 Å². The van der Waals surface area contributed by atoms with Crippen LogP contribution in [-0.4, -0.2) is 48.0 Å². The molecule has 1 aliphatic heterocycles. The number of pyridine rings is 1. The lowest BCUT2D eigenvalue weighted by atomic mass is 9.60. The molecule has 2 aliphatic rings. The summed E-state index contributed by atoms with van der Waals surface area (Å²) in [5.74, 6) is -0.778. The van der Waals surface area contributed by atoms with Gasteiger partial charge < -0.3 is 14.7 Å². The molecule has 5 rings (SSSR count). The van der Waals surface area contributed by atoms with E-state index in [0.717, 1.165) is 22.0 Å². The second-order valence-corrected chi connectivity index (χ2v) is 10.1. The van der Waals surface area contributed by atoms with E-state index in [1.54, 1.807) is 13.2 Å². The Hall–Kier alpha value is -3.58. The van der Waals surface area contributed by atoms with E-state index >= 15 is 0 Å². The Morgan fingerprint density at radius 1 is 1.03 bits per heavy atom. The third-order valence-corrected chi connectivity index (χ3v) is 6.84. The first kappa shape index (κ1) is 24.5. The minimum absolute atomic E-state index is 0.0819. The van der Waals surface area contributed by atoms with Crippen molar-refractivity contribution in [2.45, 2.75) is 33.1 Å². The number of carboxylic acids is 1. The van der Waals surface area contributed by atoms with Crippen molar-refractivity contribution in [3.05, 3.63) is 72.1 Å². The van der Waals surface area contributed by atoms with Crippen LogP contribution in [0.5, 0.6) is 0 Å². The lowest BCUT2D eigenvalue weighted by Gasteiger charge is -2.47. The van der Waals surface area contributed by atoms with Gasteiger partial charge in [-0.2, -0.15) is 0 Å². The number of ether oxygens (including phenoxy) is 1. The number of Topliss-reactive ketones (excluding diaryl/α,β-unsaturated/α-hetero) is 2. The first-order valence-electron chi connectivity index (χ1n) is 11.6. The van der Waals surface area contributed by atoms with Gasteiger partial charge in [0.25, 0.3) is 0 Å². The molecular weight excluding hydrogens is 444 g/mol. The Bertz CT molecular complexity index is 1250. The van der Waals surface area contributed by atoms with Gasteiger partial charge in [-0.3, -0.25) is 14.6 Å². The number of rotatable bonds is 3. The van der Waals surface area contributed by atoms with Crippen LogP contribution >= 0.6 is 0 Å². The summed E-state index contributed by atoms with van der Waals surface area (Å²) in [4.78, 5) is 42.3. The molecule has 0 saturated heterocycles. The first-order chi connectivity index (χ1) is 16.7. The summed E-state index contributed by atoms with van der Waals surface area (Å²) in [6.45, 7) is 4.81. The minimum atomic E-state index is -0.942. The smallest absolute Gasteiger partial charge is 0.337 e. The number of nitrogens with zero attached hydrogens (tertiary/aromatic N) is 2. The summed E-state index contributed by atoms with van der Waals surface area (Å²) in [6.07, 6.45) is 4.26. The lowest BCUT2D eigenvalue weighted by molar-refractivity contribution is -0.148. The van der Waals surface area contributed by atoms with Gasteiger partial charge >= 0.3 is 5.97 Å². The van der Waals surface area contributed by atoms with Crippen molar-refractivity contribution in [3.8, 4) is 0 Å². The second kappa shape index (κ2) is 9.58. The van der Waals surface area contributed by atoms with Crippen LogP contribution in [0.15, 0.2) is 60.9 Å². The number of aromatic nitrogens is 1. The molecule has 7 nitrogen and oxygen atoms in total. The van der Waals surface area contributed by atoms with Gasteiger partial charge in [0, 0.05) is 44.6 Å². The van der Waals surface area contributed by atoms with Crippen LogP contribution in [0.25, 0.3) is 10.8 Å². The third kappa shape index (κ3) is 4.82. The van der Waals surface area contributed by atoms with Gasteiger partial charge in [0.15, 0.2) is 0 Å². The summed E-state index contributed by atoms with van der Waals surface area (Å²) < 4.78 is 5.40. The highest BCUT2D eigenvalue weighted by Crippen LogP contribution is 2.48. The van der Waals surface area contributed by atoms with Crippen molar-refractivity contribution < 1.29 is 24.2 Å². The zero-order valence-corrected chi connectivity index (χ0v) is 20.3. The van der Waals surface area contributed by atoms with Crippen LogP contribution in [0.1, 0.15) is 42.6 Å². The molecule has 1 fully saturated rings. The highest BCUT2D eigenvalue weighted by atomic mass is 16.5. The molecule has 2 aromatic carbocycles. The van der Waals surface area contributed by atoms with Crippen molar-refractivity contribution in [1.82, 2.24) is 4.98 Å². The van der Waals surface area contributed by atoms with Gasteiger partial charge in [0.1, 0.15) is 23.7 Å². The maximum atomic E-state index is 13.2. The number of carbonyl (C=O) groups is 3. The molecule has 3 aromatic rings. The lowest BCUT2D eigenvalue weighted by Crippen LogP contribution is -2.57. The molecule has 0 bridgehead atoms. The molecule has 7 heteroatoms. The van der Waals surface area contributed by atoms with Crippen molar-refractivity contribution >= 4 is 34.0 Å². The zero-order chi connectivity index (χ0) is 25.2. The fraction of sp³-hybridized carbons (Fsp3) is 0.357. The predicted octanol–water partition coefficient (Wildman–Crippen LogP) is 4.53. The molecule has 1 spiro atoms. The normalized spacial score (nSPS) is 18.1. The Morgan fingerprint density at radius 3 is 2.34 bits per heavy atom. The van der Waals surface area contributed by atoms with Crippen LogP contribution in [0, 0.1) is 10.8 Å². The average molecular weight is 475 g/mol. The largest absolute Gasteiger partial charge is 0.478 e. The molecule has 35 heavy (non-hydrogen) atoms. The minimum Gasteiger partial charge on any atom is -0.478 e. The topological polar surface area (TPSA) is 96.8 Å². The van der Waals surface area contributed by atoms with Gasteiger partial charge in [0.05, 0.1) is 5.56 Å². The number of ketones is 2. The van der Waals surface area contributed by atoms with E-state index in [1.165, 1.54) is 18.5 Å². The standard InChI is InChI=1S/C22H25NO3.C6H5NO2/c1-21(2)11-19(24)22(20(25)12-21)10-17-16-7-5-4-6-15(16)8-9-18(17)23(13-22)14-26-3;8-6(9)5-2-1-3-7-4-5/h4-9H,10-14H2,1-3H3;1-4H,(H,8,9). The number of fused-ring (bicyclic) bond motifs is 3. The molecule has 0 atom stereocenters. The maximum Gasteiger partial charge on any atom is 0.337 e. The van der Waals surface area contributed by atoms with E-state index < -0.39 is 11.4 Å². The first-order valence-corrected chi connectivity index (χ1v) is 11.6. The number of carbonyl (C=O) groups excluding carboxylic acids is 2. The van der Waals surface area contributed by atoms with Crippen molar-refractivity contribution in [2.75, 3.05) is 25.3 Å². The number of hydrogen-bond acceptors (Lipinski definition) is 6. The SMILES string of the molecule is COCN1CC2(Cc3c1ccc1ccccc31)C(=O)CC(C)(C)CC2=O.O=C(O)c1cccnc1. The maximum absolute atomic E-state index is 13.2. The van der Waals surface area contributed by atoms with E-state index in [2.05, 4.69) is 34.1 Å². The summed E-state index contributed by atoms with van der Waals surface area (Å²) in [5, 5.41) is 10.6. The van der Waals surface area contributed by atoms with Crippen LogP contribution in [0.2, 0.25) is 0 Å². The molecule has 1 N–H and O–H groups in total. The fourth-order valence-electron chi connectivity index (χ4n) is 5.13. The monoisotopic (exact) mass is 474 g/mol. The highest BCUT2D eigenvalue weighted by molar-refractivity contribution is 6.11. The fourth-order valence-corrected chi connectivity index (χ4v) is 5.13. The number of carboxylic acid groups (broad SMARTS) is 1. The molecule has 1 saturated carbocycles. The molecule has 2 heterocycles. The molecule has 0 amide bonds. The summed E-state index contributed by atoms with van der Waals surface area (Å²) in [5.41, 5.74) is 1.20. The van der Waals surface area contributed by atoms with Gasteiger partial charge in [0.2, 0.25) is 0 Å². The Labute approximate surface area is 204 Å². The molecule has 0 unspecified atom stereocenters. The summed E-state index contributed by atoms with van der Waals surface area (Å²) in [7, 11) is 1.65. The van der Waals surface area contributed by atoms with Crippen LogP contribution in [0.4, 0.5) is 5.69 Å². The zero-order valence-electron chi connectivity index (χ0n) is 20.3. The van der Waals surface area contributed by atoms with Gasteiger partial charge in [-0.05, 0) is 46.4 Å². The number of aromatic carboxylic acids is 1. The van der Waals surface area contributed by atoms with Gasteiger partial charge in [-0.1, -0.05) is 44.2 Å². The van der Waals surface area contributed by atoms with E-state index in [-0.39, 0.29) is 22.5 Å². The van der Waals surface area contributed by atoms with Crippen molar-refractivity contribution in [1.29, 1.82) is 0 Å². The van der Waals surface area contributed by atoms with Crippen LogP contribution in [-0.2, 0) is 20.7 Å². The van der Waals surface area contributed by atoms with E-state index in [4.69, 9.17) is 9.84 Å². The van der Waals surface area contributed by atoms with E-state index in [9.17, 15) is 14.4 Å². The number of methoxy groups -OCH3 is 1. The number of benzene rings is 2. The Morgan fingerprint density at radius 2 is 1.74 bits per heavy atom. The molecule has 182 valence electrons. The van der Waals surface area contributed by atoms with Crippen molar-refractivity contribution in [3.63, 3.8) is 0 Å². The van der Waals surface area contributed by atoms with Crippen molar-refractivity contribution in [2.24, 2.45) is 10.8 Å². The number of anilines is 1. The quantitative estimate of drug-likeness (QED) is 0.557. The third-order valence-electron chi connectivity index (χ3n) is 6.84. The number of hydrogen-bond donors (Lipinski definition) is 1. The second-order valence-electron chi connectivity index (χ2n) is 10.1. The van der Waals surface area contributed by atoms with Gasteiger partial charge in [-0.15, -0.1) is 0 Å². The Balaban J connectivity index is 0.000000271. The summed E-state index contributed by atoms with van der Waals surface area (Å²) in [6, 6.07) is 15.5. The molecule has 1 aliphatic carbocycles. The van der Waals surface area contributed by atoms with E-state index in [0.29, 0.717) is 32.5 Å². The van der Waals surface area contributed by atoms with Crippen LogP contribution < -0.4 is 4.90 Å². The predicted molar refractivity (Wildman–Crippen MR) is 134 cm³/mol. The van der Waals surface area contributed by atoms with Gasteiger partial charge in [-0.25, -0.2) is 4.79 Å². The molecule has 0 radical (unpaired) electrons. The summed E-state index contributed by atoms with van der Waals surface area (Å²) >= 11 is 0. The molecular formula is C28H30N2O5. The Kier molecular flexibility index (Phi) is 6.72.